The van der Waals surface area contributed by atoms with Gasteiger partial charge in [0.05, 0.1) is 18.3 Å². The number of anilines is 1. The fourth-order valence-corrected chi connectivity index (χ4v) is 3.60. The number of likely N-dealkylation sites (N-methyl/N-ethyl adjacent to an activating group) is 1. The predicted octanol–water partition coefficient (Wildman–Crippen LogP) is 2.37. The molecule has 150 valence electrons. The van der Waals surface area contributed by atoms with Crippen LogP contribution >= 0.6 is 0 Å². The molecule has 0 aliphatic carbocycles. The van der Waals surface area contributed by atoms with Crippen molar-refractivity contribution in [3.63, 3.8) is 0 Å². The third-order valence-corrected chi connectivity index (χ3v) is 5.23. The lowest BCUT2D eigenvalue weighted by Crippen LogP contribution is -2.50. The molecule has 1 heterocycles. The van der Waals surface area contributed by atoms with E-state index < -0.39 is 0 Å². The second kappa shape index (κ2) is 9.66. The van der Waals surface area contributed by atoms with E-state index in [9.17, 15) is 9.18 Å². The van der Waals surface area contributed by atoms with Crippen LogP contribution in [0.25, 0.3) is 0 Å². The van der Waals surface area contributed by atoms with Crippen molar-refractivity contribution in [3.8, 4) is 0 Å². The Morgan fingerprint density at radius 2 is 1.68 bits per heavy atom. The predicted molar refractivity (Wildman–Crippen MR) is 111 cm³/mol. The van der Waals surface area contributed by atoms with Gasteiger partial charge in [-0.25, -0.2) is 4.39 Å². The standard InChI is InChI=1S/C22H29FN4O/c1-25(2)21(18-8-4-3-5-9-18)16-24-22(28)17-26-12-14-27(15-13-26)20-11-7-6-10-19(20)23/h3-11,21H,12-17H2,1-2H3,(H,24,28). The number of benzene rings is 2. The monoisotopic (exact) mass is 384 g/mol. The van der Waals surface area contributed by atoms with Crippen molar-refractivity contribution in [2.45, 2.75) is 6.04 Å². The molecule has 0 aromatic heterocycles. The van der Waals surface area contributed by atoms with Crippen LogP contribution in [-0.2, 0) is 4.79 Å². The highest BCUT2D eigenvalue weighted by molar-refractivity contribution is 5.78. The Morgan fingerprint density at radius 1 is 1.04 bits per heavy atom. The number of halogens is 1. The van der Waals surface area contributed by atoms with Gasteiger partial charge < -0.3 is 15.1 Å². The Bertz CT molecular complexity index is 760. The maximum absolute atomic E-state index is 13.9. The second-order valence-electron chi connectivity index (χ2n) is 7.41. The van der Waals surface area contributed by atoms with Gasteiger partial charge in [-0.15, -0.1) is 0 Å². The summed E-state index contributed by atoms with van der Waals surface area (Å²) in [7, 11) is 4.04. The third-order valence-electron chi connectivity index (χ3n) is 5.23. The largest absolute Gasteiger partial charge is 0.367 e. The van der Waals surface area contributed by atoms with Gasteiger partial charge in [0.1, 0.15) is 5.82 Å². The molecule has 1 unspecified atom stereocenters. The summed E-state index contributed by atoms with van der Waals surface area (Å²) in [5, 5.41) is 3.07. The zero-order valence-electron chi connectivity index (χ0n) is 16.6. The van der Waals surface area contributed by atoms with Gasteiger partial charge in [0, 0.05) is 32.7 Å². The number of carbonyl (C=O) groups is 1. The van der Waals surface area contributed by atoms with Crippen LogP contribution < -0.4 is 10.2 Å². The summed E-state index contributed by atoms with van der Waals surface area (Å²) in [6, 6.07) is 17.2. The van der Waals surface area contributed by atoms with E-state index in [2.05, 4.69) is 27.2 Å². The summed E-state index contributed by atoms with van der Waals surface area (Å²) in [5.41, 5.74) is 1.83. The van der Waals surface area contributed by atoms with E-state index in [-0.39, 0.29) is 17.8 Å². The van der Waals surface area contributed by atoms with Crippen LogP contribution in [0, 0.1) is 5.82 Å². The van der Waals surface area contributed by atoms with Crippen molar-refractivity contribution in [2.24, 2.45) is 0 Å². The number of hydrogen-bond donors (Lipinski definition) is 1. The lowest BCUT2D eigenvalue weighted by atomic mass is 10.1. The van der Waals surface area contributed by atoms with Gasteiger partial charge in [0.15, 0.2) is 0 Å². The van der Waals surface area contributed by atoms with Gasteiger partial charge in [-0.3, -0.25) is 9.69 Å². The number of amides is 1. The molecule has 1 saturated heterocycles. The Labute approximate surface area is 166 Å². The van der Waals surface area contributed by atoms with Gasteiger partial charge in [0.25, 0.3) is 0 Å². The topological polar surface area (TPSA) is 38.8 Å². The van der Waals surface area contributed by atoms with Crippen molar-refractivity contribution >= 4 is 11.6 Å². The van der Waals surface area contributed by atoms with Crippen LogP contribution in [0.4, 0.5) is 10.1 Å². The molecule has 2 aromatic carbocycles. The molecule has 1 fully saturated rings. The fraction of sp³-hybridized carbons (Fsp3) is 0.409. The lowest BCUT2D eigenvalue weighted by molar-refractivity contribution is -0.122. The van der Waals surface area contributed by atoms with E-state index >= 15 is 0 Å². The van der Waals surface area contributed by atoms with Crippen molar-refractivity contribution in [1.29, 1.82) is 0 Å². The molecule has 5 nitrogen and oxygen atoms in total. The van der Waals surface area contributed by atoms with Gasteiger partial charge in [-0.05, 0) is 31.8 Å². The van der Waals surface area contributed by atoms with Crippen molar-refractivity contribution in [1.82, 2.24) is 15.1 Å². The van der Waals surface area contributed by atoms with Crippen molar-refractivity contribution in [2.75, 3.05) is 58.3 Å². The average molecular weight is 384 g/mol. The molecule has 0 radical (unpaired) electrons. The first-order valence-corrected chi connectivity index (χ1v) is 9.74. The minimum atomic E-state index is -0.190. The molecule has 6 heteroatoms. The van der Waals surface area contributed by atoms with E-state index in [1.165, 1.54) is 11.6 Å². The Hall–Kier alpha value is -2.44. The minimum absolute atomic E-state index is 0.0297. The average Bonchev–Trinajstić information content (AvgIpc) is 2.70. The second-order valence-corrected chi connectivity index (χ2v) is 7.41. The van der Waals surface area contributed by atoms with Crippen LogP contribution in [-0.4, -0.2) is 69.1 Å². The van der Waals surface area contributed by atoms with E-state index in [1.54, 1.807) is 6.07 Å². The Morgan fingerprint density at radius 3 is 2.32 bits per heavy atom. The molecule has 0 saturated carbocycles. The zero-order valence-corrected chi connectivity index (χ0v) is 16.6. The van der Waals surface area contributed by atoms with E-state index in [0.717, 1.165) is 26.2 Å². The number of rotatable bonds is 7. The number of carbonyl (C=O) groups excluding carboxylic acids is 1. The first kappa shape index (κ1) is 20.3. The molecule has 1 aliphatic rings. The maximum atomic E-state index is 13.9. The number of nitrogens with one attached hydrogen (secondary N) is 1. The Balaban J connectivity index is 1.46. The van der Waals surface area contributed by atoms with Crippen LogP contribution in [0.15, 0.2) is 54.6 Å². The molecular formula is C22H29FN4O. The van der Waals surface area contributed by atoms with Crippen molar-refractivity contribution in [3.05, 3.63) is 66.0 Å². The summed E-state index contributed by atoms with van der Waals surface area (Å²) >= 11 is 0. The summed E-state index contributed by atoms with van der Waals surface area (Å²) in [6.45, 7) is 3.89. The quantitative estimate of drug-likeness (QED) is 0.796. The molecule has 28 heavy (non-hydrogen) atoms. The lowest BCUT2D eigenvalue weighted by Gasteiger charge is -2.36. The molecule has 1 N–H and O–H groups in total. The van der Waals surface area contributed by atoms with Crippen LogP contribution in [0.3, 0.4) is 0 Å². The molecule has 1 atom stereocenters. The van der Waals surface area contributed by atoms with Gasteiger partial charge >= 0.3 is 0 Å². The fourth-order valence-electron chi connectivity index (χ4n) is 3.60. The molecular weight excluding hydrogens is 355 g/mol. The van der Waals surface area contributed by atoms with Gasteiger partial charge in [0.2, 0.25) is 5.91 Å². The molecule has 3 rings (SSSR count). The number of nitrogens with zero attached hydrogens (tertiary/aromatic N) is 3. The van der Waals surface area contributed by atoms with Crippen molar-refractivity contribution < 1.29 is 9.18 Å². The highest BCUT2D eigenvalue weighted by Gasteiger charge is 2.21. The van der Waals surface area contributed by atoms with E-state index in [0.29, 0.717) is 18.8 Å². The summed E-state index contributed by atoms with van der Waals surface area (Å²) in [6.07, 6.45) is 0. The Kier molecular flexibility index (Phi) is 7.01. The molecule has 2 aromatic rings. The summed E-state index contributed by atoms with van der Waals surface area (Å²) < 4.78 is 13.9. The zero-order chi connectivity index (χ0) is 19.9. The van der Waals surface area contributed by atoms with Gasteiger partial charge in [-0.1, -0.05) is 42.5 Å². The maximum Gasteiger partial charge on any atom is 0.234 e. The summed E-state index contributed by atoms with van der Waals surface area (Å²) in [5.74, 6) is -0.161. The first-order chi connectivity index (χ1) is 13.5. The van der Waals surface area contributed by atoms with E-state index in [4.69, 9.17) is 0 Å². The normalized spacial score (nSPS) is 16.2. The molecule has 1 aliphatic heterocycles. The smallest absolute Gasteiger partial charge is 0.234 e. The van der Waals surface area contributed by atoms with Crippen LogP contribution in [0.5, 0.6) is 0 Å². The number of hydrogen-bond acceptors (Lipinski definition) is 4. The SMILES string of the molecule is CN(C)C(CNC(=O)CN1CCN(c2ccccc2F)CC1)c1ccccc1. The highest BCUT2D eigenvalue weighted by atomic mass is 19.1. The number of piperazine rings is 1. The molecule has 0 bridgehead atoms. The molecule has 0 spiro atoms. The molecule has 1 amide bonds. The van der Waals surface area contributed by atoms with Gasteiger partial charge in [-0.2, -0.15) is 0 Å². The number of para-hydroxylation sites is 1. The van der Waals surface area contributed by atoms with Crippen LogP contribution in [0.1, 0.15) is 11.6 Å². The third kappa shape index (κ3) is 5.30. The van der Waals surface area contributed by atoms with Crippen LogP contribution in [0.2, 0.25) is 0 Å². The summed E-state index contributed by atoms with van der Waals surface area (Å²) in [4.78, 5) is 18.7. The minimum Gasteiger partial charge on any atom is -0.367 e. The van der Waals surface area contributed by atoms with E-state index in [1.807, 2.05) is 49.3 Å². The first-order valence-electron chi connectivity index (χ1n) is 9.74. The highest BCUT2D eigenvalue weighted by Crippen LogP contribution is 2.20.